The first-order valence-electron chi connectivity index (χ1n) is 8.05. The molecular weight excluding hydrogens is 390 g/mol. The van der Waals surface area contributed by atoms with E-state index in [2.05, 4.69) is 15.4 Å². The first-order chi connectivity index (χ1) is 12.6. The molecule has 0 heterocycles. The third kappa shape index (κ3) is 5.78. The highest BCUT2D eigenvalue weighted by Gasteiger charge is 2.22. The highest BCUT2D eigenvalue weighted by molar-refractivity contribution is 7.89. The van der Waals surface area contributed by atoms with Gasteiger partial charge in [-0.25, -0.2) is 8.42 Å². The molecule has 1 atom stereocenters. The van der Waals surface area contributed by atoms with Gasteiger partial charge in [-0.2, -0.15) is 4.72 Å². The number of carbonyl (C=O) groups is 2. The molecule has 7 nitrogen and oxygen atoms in total. The predicted octanol–water partition coefficient (Wildman–Crippen LogP) is 2.91. The minimum absolute atomic E-state index is 0.00910. The summed E-state index contributed by atoms with van der Waals surface area (Å²) >= 11 is 5.76. The first kappa shape index (κ1) is 20.9. The molecule has 0 spiro atoms. The molecule has 144 valence electrons. The zero-order valence-electron chi connectivity index (χ0n) is 15.0. The monoisotopic (exact) mass is 409 g/mol. The fraction of sp³-hybridized carbons (Fsp3) is 0.222. The van der Waals surface area contributed by atoms with E-state index in [1.807, 2.05) is 6.92 Å². The summed E-state index contributed by atoms with van der Waals surface area (Å²) in [4.78, 5) is 23.6. The van der Waals surface area contributed by atoms with Gasteiger partial charge in [0, 0.05) is 23.3 Å². The zero-order chi connectivity index (χ0) is 20.2. The smallest absolute Gasteiger partial charge is 0.242 e. The van der Waals surface area contributed by atoms with E-state index in [-0.39, 0.29) is 10.8 Å². The van der Waals surface area contributed by atoms with E-state index >= 15 is 0 Å². The molecule has 0 aromatic heterocycles. The van der Waals surface area contributed by atoms with Gasteiger partial charge >= 0.3 is 0 Å². The van der Waals surface area contributed by atoms with Crippen LogP contribution in [0.2, 0.25) is 5.02 Å². The van der Waals surface area contributed by atoms with Crippen LogP contribution in [-0.4, -0.2) is 26.3 Å². The van der Waals surface area contributed by atoms with Crippen LogP contribution >= 0.6 is 11.6 Å². The van der Waals surface area contributed by atoms with E-state index in [0.717, 1.165) is 5.56 Å². The first-order valence-corrected chi connectivity index (χ1v) is 9.91. The second-order valence-corrected chi connectivity index (χ2v) is 8.15. The Labute approximate surface area is 163 Å². The molecule has 0 fully saturated rings. The lowest BCUT2D eigenvalue weighted by Gasteiger charge is -2.16. The number of aryl methyl sites for hydroxylation is 1. The van der Waals surface area contributed by atoms with Crippen LogP contribution < -0.4 is 15.4 Å². The van der Waals surface area contributed by atoms with Gasteiger partial charge in [-0.1, -0.05) is 17.7 Å². The third-order valence-electron chi connectivity index (χ3n) is 3.66. The molecular formula is C18H20ClN3O4S. The van der Waals surface area contributed by atoms with Gasteiger partial charge < -0.3 is 10.6 Å². The summed E-state index contributed by atoms with van der Waals surface area (Å²) in [6.07, 6.45) is 0. The number of hydrogen-bond acceptors (Lipinski definition) is 4. The van der Waals surface area contributed by atoms with Crippen molar-refractivity contribution in [3.63, 3.8) is 0 Å². The molecule has 0 aliphatic carbocycles. The lowest BCUT2D eigenvalue weighted by atomic mass is 10.1. The molecule has 0 aliphatic rings. The molecule has 0 aliphatic heterocycles. The van der Waals surface area contributed by atoms with Gasteiger partial charge in [0.05, 0.1) is 10.9 Å². The van der Waals surface area contributed by atoms with Crippen LogP contribution in [0.3, 0.4) is 0 Å². The molecule has 2 amide bonds. The van der Waals surface area contributed by atoms with Crippen molar-refractivity contribution in [2.45, 2.75) is 31.7 Å². The second-order valence-electron chi connectivity index (χ2n) is 6.00. The summed E-state index contributed by atoms with van der Waals surface area (Å²) in [6.45, 7) is 4.64. The molecule has 9 heteroatoms. The summed E-state index contributed by atoms with van der Waals surface area (Å²) in [7, 11) is -3.87. The number of sulfonamides is 1. The van der Waals surface area contributed by atoms with E-state index < -0.39 is 22.0 Å². The number of halogens is 1. The van der Waals surface area contributed by atoms with Crippen molar-refractivity contribution in [3.8, 4) is 0 Å². The molecule has 0 unspecified atom stereocenters. The Morgan fingerprint density at radius 3 is 2.26 bits per heavy atom. The van der Waals surface area contributed by atoms with Crippen LogP contribution in [0.25, 0.3) is 0 Å². The minimum Gasteiger partial charge on any atom is -0.326 e. The Kier molecular flexibility index (Phi) is 6.59. The van der Waals surface area contributed by atoms with E-state index in [1.54, 1.807) is 18.2 Å². The quantitative estimate of drug-likeness (QED) is 0.682. The fourth-order valence-corrected chi connectivity index (χ4v) is 3.57. The number of nitrogens with one attached hydrogen (secondary N) is 3. The zero-order valence-corrected chi connectivity index (χ0v) is 16.6. The summed E-state index contributed by atoms with van der Waals surface area (Å²) in [6, 6.07) is 9.62. The summed E-state index contributed by atoms with van der Waals surface area (Å²) in [5.41, 5.74) is 1.83. The molecule has 0 radical (unpaired) electrons. The summed E-state index contributed by atoms with van der Waals surface area (Å²) in [5, 5.41) is 5.71. The highest BCUT2D eigenvalue weighted by atomic mass is 35.5. The number of amides is 2. The van der Waals surface area contributed by atoms with Crippen molar-refractivity contribution in [1.29, 1.82) is 0 Å². The number of anilines is 2. The Bertz CT molecular complexity index is 959. The number of carbonyl (C=O) groups excluding carboxylic acids is 2. The fourth-order valence-electron chi connectivity index (χ4n) is 2.24. The van der Waals surface area contributed by atoms with E-state index in [4.69, 9.17) is 11.6 Å². The second kappa shape index (κ2) is 8.51. The third-order valence-corrected chi connectivity index (χ3v) is 5.47. The molecule has 27 heavy (non-hydrogen) atoms. The molecule has 2 aromatic rings. The van der Waals surface area contributed by atoms with Gasteiger partial charge in [-0.3, -0.25) is 9.59 Å². The SMILES string of the molecule is CC(=O)Nc1cc(NC(=O)[C@H](C)NS(=O)(=O)c2ccc(Cl)cc2)ccc1C. The van der Waals surface area contributed by atoms with Gasteiger partial charge in [0.1, 0.15) is 0 Å². The lowest BCUT2D eigenvalue weighted by molar-refractivity contribution is -0.117. The Hall–Kier alpha value is -2.42. The molecule has 2 rings (SSSR count). The topological polar surface area (TPSA) is 104 Å². The van der Waals surface area contributed by atoms with Gasteiger partial charge in [-0.05, 0) is 55.8 Å². The van der Waals surface area contributed by atoms with E-state index in [9.17, 15) is 18.0 Å². The number of benzene rings is 2. The number of rotatable bonds is 6. The lowest BCUT2D eigenvalue weighted by Crippen LogP contribution is -2.41. The van der Waals surface area contributed by atoms with Crippen LogP contribution in [-0.2, 0) is 19.6 Å². The Morgan fingerprint density at radius 2 is 1.67 bits per heavy atom. The van der Waals surface area contributed by atoms with Crippen molar-refractivity contribution in [3.05, 3.63) is 53.1 Å². The molecule has 0 saturated carbocycles. The van der Waals surface area contributed by atoms with Crippen molar-refractivity contribution >= 4 is 44.8 Å². The molecule has 0 saturated heterocycles. The van der Waals surface area contributed by atoms with Gasteiger partial charge in [0.25, 0.3) is 0 Å². The van der Waals surface area contributed by atoms with Crippen molar-refractivity contribution in [1.82, 2.24) is 4.72 Å². The van der Waals surface area contributed by atoms with Crippen molar-refractivity contribution in [2.24, 2.45) is 0 Å². The summed E-state index contributed by atoms with van der Waals surface area (Å²) < 4.78 is 27.0. The van der Waals surface area contributed by atoms with Gasteiger partial charge in [-0.15, -0.1) is 0 Å². The van der Waals surface area contributed by atoms with Crippen LogP contribution in [0.15, 0.2) is 47.4 Å². The predicted molar refractivity (Wildman–Crippen MR) is 105 cm³/mol. The summed E-state index contributed by atoms with van der Waals surface area (Å²) in [5.74, 6) is -0.768. The maximum Gasteiger partial charge on any atom is 0.242 e. The molecule has 0 bridgehead atoms. The maximum absolute atomic E-state index is 12.3. The Morgan fingerprint density at radius 1 is 1.04 bits per heavy atom. The van der Waals surface area contributed by atoms with E-state index in [0.29, 0.717) is 16.4 Å². The van der Waals surface area contributed by atoms with Crippen molar-refractivity contribution < 1.29 is 18.0 Å². The highest BCUT2D eigenvalue weighted by Crippen LogP contribution is 2.20. The maximum atomic E-state index is 12.3. The average molecular weight is 410 g/mol. The van der Waals surface area contributed by atoms with Crippen LogP contribution in [0.5, 0.6) is 0 Å². The van der Waals surface area contributed by atoms with Crippen molar-refractivity contribution in [2.75, 3.05) is 10.6 Å². The molecule has 2 aromatic carbocycles. The average Bonchev–Trinajstić information content (AvgIpc) is 2.57. The normalized spacial score (nSPS) is 12.3. The largest absolute Gasteiger partial charge is 0.326 e. The standard InChI is InChI=1S/C18H20ClN3O4S/c1-11-4-7-15(10-17(11)20-13(3)23)21-18(24)12(2)22-27(25,26)16-8-5-14(19)6-9-16/h4-10,12,22H,1-3H3,(H,20,23)(H,21,24)/t12-/m0/s1. The van der Waals surface area contributed by atoms with Crippen LogP contribution in [0, 0.1) is 6.92 Å². The van der Waals surface area contributed by atoms with E-state index in [1.165, 1.54) is 38.1 Å². The van der Waals surface area contributed by atoms with Crippen LogP contribution in [0.4, 0.5) is 11.4 Å². The van der Waals surface area contributed by atoms with Crippen LogP contribution in [0.1, 0.15) is 19.4 Å². The van der Waals surface area contributed by atoms with Gasteiger partial charge in [0.2, 0.25) is 21.8 Å². The minimum atomic E-state index is -3.87. The van der Waals surface area contributed by atoms with Gasteiger partial charge in [0.15, 0.2) is 0 Å². The molecule has 3 N–H and O–H groups in total. The number of hydrogen-bond donors (Lipinski definition) is 3. The Balaban J connectivity index is 2.09.